The van der Waals surface area contributed by atoms with Gasteiger partial charge in [-0.1, -0.05) is 24.3 Å². The van der Waals surface area contributed by atoms with Gasteiger partial charge in [0, 0.05) is 37.8 Å². The minimum absolute atomic E-state index is 0.693. The zero-order valence-corrected chi connectivity index (χ0v) is 11.0. The summed E-state index contributed by atoms with van der Waals surface area (Å²) in [5.74, 6) is 0.693. The Kier molecular flexibility index (Phi) is 2.92. The molecule has 1 atom stereocenters. The lowest BCUT2D eigenvalue weighted by atomic mass is 9.77. The van der Waals surface area contributed by atoms with Gasteiger partial charge in [0.05, 0.1) is 5.69 Å². The van der Waals surface area contributed by atoms with E-state index in [1.165, 1.54) is 23.1 Å². The lowest BCUT2D eigenvalue weighted by Gasteiger charge is -2.30. The predicted octanol–water partition coefficient (Wildman–Crippen LogP) is 2.16. The number of benzene rings is 1. The fraction of sp³-hybridized carbons (Fsp3) is 0.400. The second kappa shape index (κ2) is 4.58. The van der Waals surface area contributed by atoms with Crippen LogP contribution in [0.3, 0.4) is 0 Å². The Morgan fingerprint density at radius 2 is 2.22 bits per heavy atom. The molecule has 1 aromatic carbocycles. The van der Waals surface area contributed by atoms with Crippen LogP contribution in [0.15, 0.2) is 30.5 Å². The number of hydrogen-bond donors (Lipinski definition) is 1. The van der Waals surface area contributed by atoms with Crippen LogP contribution in [0, 0.1) is 6.92 Å². The first-order valence-corrected chi connectivity index (χ1v) is 6.51. The summed E-state index contributed by atoms with van der Waals surface area (Å²) in [6.07, 6.45) is 3.31. The van der Waals surface area contributed by atoms with E-state index in [4.69, 9.17) is 0 Å². The number of fused-ring (bicyclic) bond motifs is 1. The lowest BCUT2D eigenvalue weighted by molar-refractivity contribution is 0.535. The molecule has 94 valence electrons. The average Bonchev–Trinajstić information content (AvgIpc) is 2.64. The van der Waals surface area contributed by atoms with Crippen molar-refractivity contribution in [3.63, 3.8) is 0 Å². The molecule has 1 aliphatic carbocycles. The van der Waals surface area contributed by atoms with E-state index in [2.05, 4.69) is 47.8 Å². The number of hydrogen-bond acceptors (Lipinski definition) is 2. The van der Waals surface area contributed by atoms with Gasteiger partial charge in [-0.3, -0.25) is 4.68 Å². The molecule has 1 heterocycles. The second-order valence-corrected chi connectivity index (χ2v) is 5.14. The van der Waals surface area contributed by atoms with Gasteiger partial charge >= 0.3 is 0 Å². The molecule has 0 radical (unpaired) electrons. The smallest absolute Gasteiger partial charge is 0.0638 e. The Labute approximate surface area is 108 Å². The molecule has 0 bridgehead atoms. The van der Waals surface area contributed by atoms with E-state index in [0.717, 1.165) is 18.8 Å². The summed E-state index contributed by atoms with van der Waals surface area (Å²) in [6, 6.07) is 8.75. The molecule has 0 aliphatic heterocycles. The third kappa shape index (κ3) is 2.06. The van der Waals surface area contributed by atoms with Crippen LogP contribution in [0.2, 0.25) is 0 Å². The van der Waals surface area contributed by atoms with E-state index in [1.807, 2.05) is 11.7 Å². The minimum Gasteiger partial charge on any atom is -0.312 e. The maximum Gasteiger partial charge on any atom is 0.0638 e. The minimum atomic E-state index is 0.693. The van der Waals surface area contributed by atoms with Crippen molar-refractivity contribution in [3.8, 4) is 0 Å². The van der Waals surface area contributed by atoms with Gasteiger partial charge in [-0.15, -0.1) is 0 Å². The molecular formula is C15H19N3. The van der Waals surface area contributed by atoms with Crippen LogP contribution in [0.1, 0.15) is 28.3 Å². The predicted molar refractivity (Wildman–Crippen MR) is 72.5 cm³/mol. The quantitative estimate of drug-likeness (QED) is 0.889. The van der Waals surface area contributed by atoms with Gasteiger partial charge in [0.15, 0.2) is 0 Å². The van der Waals surface area contributed by atoms with Crippen molar-refractivity contribution in [2.24, 2.45) is 7.05 Å². The Balaban J connectivity index is 1.54. The summed E-state index contributed by atoms with van der Waals surface area (Å²) in [6.45, 7) is 4.04. The van der Waals surface area contributed by atoms with Crippen LogP contribution in [0.25, 0.3) is 0 Å². The maximum atomic E-state index is 4.36. The van der Waals surface area contributed by atoms with Crippen LogP contribution in [0.4, 0.5) is 0 Å². The van der Waals surface area contributed by atoms with Gasteiger partial charge in [-0.2, -0.15) is 5.10 Å². The third-order valence-electron chi connectivity index (χ3n) is 3.78. The van der Waals surface area contributed by atoms with Gasteiger partial charge in [0.1, 0.15) is 0 Å². The fourth-order valence-electron chi connectivity index (χ4n) is 2.75. The monoisotopic (exact) mass is 241 g/mol. The Hall–Kier alpha value is -1.61. The summed E-state index contributed by atoms with van der Waals surface area (Å²) in [5, 5.41) is 7.90. The molecule has 1 unspecified atom stereocenters. The van der Waals surface area contributed by atoms with Crippen molar-refractivity contribution in [2.45, 2.75) is 25.8 Å². The molecule has 1 aromatic heterocycles. The van der Waals surface area contributed by atoms with Gasteiger partial charge in [-0.25, -0.2) is 0 Å². The summed E-state index contributed by atoms with van der Waals surface area (Å²) in [4.78, 5) is 0. The first-order chi connectivity index (χ1) is 8.74. The average molecular weight is 241 g/mol. The Bertz CT molecular complexity index is 557. The van der Waals surface area contributed by atoms with Crippen molar-refractivity contribution in [3.05, 3.63) is 52.8 Å². The highest BCUT2D eigenvalue weighted by Gasteiger charge is 2.24. The molecular weight excluding hydrogens is 222 g/mol. The highest BCUT2D eigenvalue weighted by Crippen LogP contribution is 2.33. The number of nitrogens with one attached hydrogen (secondary N) is 1. The SMILES string of the molecule is Cc1nn(C)cc1CNCC1Cc2ccccc21. The van der Waals surface area contributed by atoms with Crippen LogP contribution >= 0.6 is 0 Å². The molecule has 0 saturated heterocycles. The molecule has 3 heteroatoms. The van der Waals surface area contributed by atoms with E-state index >= 15 is 0 Å². The number of nitrogens with zero attached hydrogens (tertiary/aromatic N) is 2. The molecule has 1 N–H and O–H groups in total. The van der Waals surface area contributed by atoms with E-state index in [9.17, 15) is 0 Å². The molecule has 3 rings (SSSR count). The lowest BCUT2D eigenvalue weighted by Crippen LogP contribution is -2.28. The highest BCUT2D eigenvalue weighted by atomic mass is 15.2. The summed E-state index contributed by atoms with van der Waals surface area (Å²) in [7, 11) is 1.97. The van der Waals surface area contributed by atoms with Gasteiger partial charge in [-0.05, 0) is 24.5 Å². The van der Waals surface area contributed by atoms with Crippen molar-refractivity contribution in [1.29, 1.82) is 0 Å². The zero-order chi connectivity index (χ0) is 12.5. The first-order valence-electron chi connectivity index (χ1n) is 6.51. The van der Waals surface area contributed by atoms with Crippen LogP contribution in [-0.4, -0.2) is 16.3 Å². The first kappa shape index (κ1) is 11.5. The van der Waals surface area contributed by atoms with E-state index in [0.29, 0.717) is 5.92 Å². The number of aryl methyl sites for hydroxylation is 2. The van der Waals surface area contributed by atoms with E-state index in [1.54, 1.807) is 0 Å². The Morgan fingerprint density at radius 3 is 2.94 bits per heavy atom. The normalized spacial score (nSPS) is 17.3. The molecule has 18 heavy (non-hydrogen) atoms. The molecule has 0 spiro atoms. The van der Waals surface area contributed by atoms with Crippen LogP contribution in [-0.2, 0) is 20.0 Å². The molecule has 3 nitrogen and oxygen atoms in total. The van der Waals surface area contributed by atoms with Gasteiger partial charge in [0.2, 0.25) is 0 Å². The van der Waals surface area contributed by atoms with Crippen LogP contribution in [0.5, 0.6) is 0 Å². The fourth-order valence-corrected chi connectivity index (χ4v) is 2.75. The number of rotatable bonds is 4. The molecule has 1 aliphatic rings. The van der Waals surface area contributed by atoms with Crippen molar-refractivity contribution < 1.29 is 0 Å². The van der Waals surface area contributed by atoms with E-state index < -0.39 is 0 Å². The maximum absolute atomic E-state index is 4.36. The van der Waals surface area contributed by atoms with Gasteiger partial charge < -0.3 is 5.32 Å². The second-order valence-electron chi connectivity index (χ2n) is 5.14. The van der Waals surface area contributed by atoms with Crippen LogP contribution < -0.4 is 5.32 Å². The van der Waals surface area contributed by atoms with Crippen molar-refractivity contribution >= 4 is 0 Å². The molecule has 0 amide bonds. The summed E-state index contributed by atoms with van der Waals surface area (Å²) in [5.41, 5.74) is 5.46. The zero-order valence-electron chi connectivity index (χ0n) is 11.0. The summed E-state index contributed by atoms with van der Waals surface area (Å²) < 4.78 is 1.88. The van der Waals surface area contributed by atoms with Crippen molar-refractivity contribution in [2.75, 3.05) is 6.54 Å². The number of aromatic nitrogens is 2. The molecule has 0 fully saturated rings. The van der Waals surface area contributed by atoms with E-state index in [-0.39, 0.29) is 0 Å². The third-order valence-corrected chi connectivity index (χ3v) is 3.78. The van der Waals surface area contributed by atoms with Gasteiger partial charge in [0.25, 0.3) is 0 Å². The van der Waals surface area contributed by atoms with Crippen molar-refractivity contribution in [1.82, 2.24) is 15.1 Å². The largest absolute Gasteiger partial charge is 0.312 e. The molecule has 2 aromatic rings. The topological polar surface area (TPSA) is 29.9 Å². The Morgan fingerprint density at radius 1 is 1.39 bits per heavy atom. The highest BCUT2D eigenvalue weighted by molar-refractivity contribution is 5.40. The standard InChI is InChI=1S/C15H19N3/c1-11-14(10-18(2)17-11)9-16-8-13-7-12-5-3-4-6-15(12)13/h3-6,10,13,16H,7-9H2,1-2H3. The molecule has 0 saturated carbocycles. The summed E-state index contributed by atoms with van der Waals surface area (Å²) >= 11 is 0.